The molecule has 0 aliphatic heterocycles. The summed E-state index contributed by atoms with van der Waals surface area (Å²) < 4.78 is 63.7. The molecule has 0 saturated heterocycles. The van der Waals surface area contributed by atoms with Gasteiger partial charge >= 0.3 is 15.6 Å². The molecule has 9 heteroatoms. The molecule has 0 spiro atoms. The Morgan fingerprint density at radius 1 is 1.32 bits per heavy atom. The number of hydrogen-bond donors (Lipinski definition) is 1. The van der Waals surface area contributed by atoms with Gasteiger partial charge in [0.25, 0.3) is 0 Å². The van der Waals surface area contributed by atoms with E-state index in [1.807, 2.05) is 0 Å². The van der Waals surface area contributed by atoms with Crippen molar-refractivity contribution in [2.75, 3.05) is 0 Å². The molecule has 1 atom stereocenters. The minimum absolute atomic E-state index is 0.124. The van der Waals surface area contributed by atoms with Crippen LogP contribution in [0.3, 0.4) is 0 Å². The Morgan fingerprint density at radius 3 is 2.55 bits per heavy atom. The predicted octanol–water partition coefficient (Wildman–Crippen LogP) is 2.47. The second-order valence-electron chi connectivity index (χ2n) is 4.63. The maximum atomic E-state index is 12.4. The maximum Gasteiger partial charge on any atom is 0.534 e. The highest BCUT2D eigenvalue weighted by Crippen LogP contribution is 2.37. The number of carbonyl (C=O) groups excluding carboxylic acids is 1. The van der Waals surface area contributed by atoms with E-state index in [-0.39, 0.29) is 17.9 Å². The molecule has 0 heterocycles. The van der Waals surface area contributed by atoms with Gasteiger partial charge in [-0.15, -0.1) is 0 Å². The third-order valence-corrected chi connectivity index (χ3v) is 3.97. The van der Waals surface area contributed by atoms with Crippen molar-refractivity contribution in [3.8, 4) is 0 Å². The van der Waals surface area contributed by atoms with Crippen molar-refractivity contribution in [3.63, 3.8) is 0 Å². The van der Waals surface area contributed by atoms with Crippen molar-refractivity contribution in [1.82, 2.24) is 5.32 Å². The van der Waals surface area contributed by atoms with Crippen LogP contribution >= 0.6 is 0 Å². The zero-order valence-corrected chi connectivity index (χ0v) is 12.2. The van der Waals surface area contributed by atoms with Crippen LogP contribution in [-0.2, 0) is 19.1 Å². The third-order valence-electron chi connectivity index (χ3n) is 3.00. The molecule has 0 aromatic heterocycles. The lowest BCUT2D eigenvalue weighted by atomic mass is 9.91. The molecule has 2 rings (SSSR count). The summed E-state index contributed by atoms with van der Waals surface area (Å²) in [5.74, 6) is -0.699. The van der Waals surface area contributed by atoms with Crippen molar-refractivity contribution in [3.05, 3.63) is 41.5 Å². The summed E-state index contributed by atoms with van der Waals surface area (Å²) in [5, 5.41) is 2.64. The lowest BCUT2D eigenvalue weighted by Gasteiger charge is -2.25. The van der Waals surface area contributed by atoms with E-state index in [2.05, 4.69) is 9.50 Å². The first kappa shape index (κ1) is 16.3. The summed E-state index contributed by atoms with van der Waals surface area (Å²) in [4.78, 5) is 11.2. The van der Waals surface area contributed by atoms with Gasteiger partial charge in [-0.25, -0.2) is 0 Å². The normalized spacial score (nSPS) is 18.2. The Bertz CT molecular complexity index is 725. The molecule has 1 N–H and O–H groups in total. The van der Waals surface area contributed by atoms with Crippen LogP contribution in [0.1, 0.15) is 30.5 Å². The van der Waals surface area contributed by atoms with Crippen molar-refractivity contribution >= 4 is 21.8 Å². The van der Waals surface area contributed by atoms with Crippen LogP contribution in [0.15, 0.2) is 30.3 Å². The molecule has 0 bridgehead atoms. The van der Waals surface area contributed by atoms with Gasteiger partial charge in [0.2, 0.25) is 5.91 Å². The molecule has 0 unspecified atom stereocenters. The highest BCUT2D eigenvalue weighted by molar-refractivity contribution is 7.87. The minimum atomic E-state index is -5.74. The van der Waals surface area contributed by atoms with Crippen LogP contribution in [0.25, 0.3) is 5.76 Å². The number of fused-ring (bicyclic) bond motifs is 1. The topological polar surface area (TPSA) is 72.5 Å². The Labute approximate surface area is 124 Å². The number of amides is 1. The number of carbonyl (C=O) groups is 1. The summed E-state index contributed by atoms with van der Waals surface area (Å²) in [7, 11) is -5.74. The van der Waals surface area contributed by atoms with E-state index in [9.17, 15) is 26.4 Å². The minimum Gasteiger partial charge on any atom is -0.376 e. The fourth-order valence-corrected chi connectivity index (χ4v) is 2.60. The molecule has 120 valence electrons. The second-order valence-corrected chi connectivity index (χ2v) is 6.17. The predicted molar refractivity (Wildman–Crippen MR) is 71.7 cm³/mol. The highest BCUT2D eigenvalue weighted by Gasteiger charge is 2.49. The summed E-state index contributed by atoms with van der Waals surface area (Å²) in [6.07, 6.45) is 1.34. The summed E-state index contributed by atoms with van der Waals surface area (Å²) in [6.45, 7) is 1.31. The van der Waals surface area contributed by atoms with Crippen LogP contribution in [0.4, 0.5) is 13.2 Å². The number of nitrogens with one attached hydrogen (secondary N) is 1. The number of hydrogen-bond acceptors (Lipinski definition) is 4. The van der Waals surface area contributed by atoms with E-state index in [0.29, 0.717) is 5.56 Å². The monoisotopic (exact) mass is 335 g/mol. The lowest BCUT2D eigenvalue weighted by molar-refractivity contribution is -0.119. The molecule has 22 heavy (non-hydrogen) atoms. The van der Waals surface area contributed by atoms with Gasteiger partial charge in [0.1, 0.15) is 5.76 Å². The average Bonchev–Trinajstić information content (AvgIpc) is 2.39. The van der Waals surface area contributed by atoms with E-state index >= 15 is 0 Å². The fraction of sp³-hybridized carbons (Fsp3) is 0.308. The molecule has 5 nitrogen and oxygen atoms in total. The van der Waals surface area contributed by atoms with E-state index in [0.717, 1.165) is 0 Å². The van der Waals surface area contributed by atoms with Crippen LogP contribution in [0, 0.1) is 0 Å². The lowest BCUT2D eigenvalue weighted by Crippen LogP contribution is -2.29. The van der Waals surface area contributed by atoms with Gasteiger partial charge in [0.05, 0.1) is 6.04 Å². The number of benzene rings is 1. The number of alkyl halides is 3. The second kappa shape index (κ2) is 5.64. The number of rotatable bonds is 3. The quantitative estimate of drug-likeness (QED) is 0.680. The first-order chi connectivity index (χ1) is 10.1. The molecular weight excluding hydrogens is 323 g/mol. The van der Waals surface area contributed by atoms with E-state index < -0.39 is 27.4 Å². The van der Waals surface area contributed by atoms with Crippen LogP contribution in [0.5, 0.6) is 0 Å². The van der Waals surface area contributed by atoms with Gasteiger partial charge < -0.3 is 9.50 Å². The summed E-state index contributed by atoms with van der Waals surface area (Å²) in [6, 6.07) is 5.74. The SMILES string of the molecule is CC(=O)N[C@@H]1CC=C(OS(=O)(=O)C(F)(F)F)c2ccccc21. The fourth-order valence-electron chi connectivity index (χ4n) is 2.11. The zero-order chi connectivity index (χ0) is 16.5. The van der Waals surface area contributed by atoms with Gasteiger partial charge in [0.15, 0.2) is 0 Å². The largest absolute Gasteiger partial charge is 0.534 e. The first-order valence-corrected chi connectivity index (χ1v) is 7.60. The first-order valence-electron chi connectivity index (χ1n) is 6.19. The van der Waals surface area contributed by atoms with Crippen molar-refractivity contribution in [2.24, 2.45) is 0 Å². The molecule has 1 aliphatic carbocycles. The molecule has 0 fully saturated rings. The molecule has 1 aromatic carbocycles. The van der Waals surface area contributed by atoms with E-state index in [4.69, 9.17) is 0 Å². The van der Waals surface area contributed by atoms with Gasteiger partial charge in [-0.3, -0.25) is 4.79 Å². The molecule has 1 aromatic rings. The Kier molecular flexibility index (Phi) is 4.19. The summed E-state index contributed by atoms with van der Waals surface area (Å²) >= 11 is 0. The van der Waals surface area contributed by atoms with Crippen molar-refractivity contribution in [1.29, 1.82) is 0 Å². The molecule has 1 amide bonds. The standard InChI is InChI=1S/C13H12F3NO4S/c1-8(18)17-11-6-7-12(10-5-3-2-4-9(10)11)21-22(19,20)13(14,15)16/h2-5,7,11H,6H2,1H3,(H,17,18)/t11-/m1/s1. The molecule has 0 saturated carbocycles. The van der Waals surface area contributed by atoms with Crippen LogP contribution < -0.4 is 5.32 Å². The van der Waals surface area contributed by atoms with Gasteiger partial charge in [-0.2, -0.15) is 21.6 Å². The average molecular weight is 335 g/mol. The van der Waals surface area contributed by atoms with Crippen molar-refractivity contribution in [2.45, 2.75) is 24.9 Å². The maximum absolute atomic E-state index is 12.4. The molecule has 1 aliphatic rings. The molecule has 0 radical (unpaired) electrons. The highest BCUT2D eigenvalue weighted by atomic mass is 32.2. The van der Waals surface area contributed by atoms with Gasteiger partial charge in [-0.05, 0) is 18.1 Å². The van der Waals surface area contributed by atoms with Crippen LogP contribution in [0.2, 0.25) is 0 Å². The van der Waals surface area contributed by atoms with E-state index in [1.54, 1.807) is 12.1 Å². The van der Waals surface area contributed by atoms with Gasteiger partial charge in [0, 0.05) is 12.5 Å². The Balaban J connectivity index is 2.37. The number of halogens is 3. The smallest absolute Gasteiger partial charge is 0.376 e. The Morgan fingerprint density at radius 2 is 1.95 bits per heavy atom. The summed E-state index contributed by atoms with van der Waals surface area (Å²) in [5.41, 5.74) is -4.81. The van der Waals surface area contributed by atoms with Crippen molar-refractivity contribution < 1.29 is 30.6 Å². The van der Waals surface area contributed by atoms with Crippen LogP contribution in [-0.4, -0.2) is 19.8 Å². The third kappa shape index (κ3) is 3.24. The zero-order valence-electron chi connectivity index (χ0n) is 11.3. The Hall–Kier alpha value is -2.03. The van der Waals surface area contributed by atoms with Gasteiger partial charge in [-0.1, -0.05) is 24.3 Å². The van der Waals surface area contributed by atoms with E-state index in [1.165, 1.54) is 25.1 Å². The molecular formula is C13H12F3NO4S.